The highest BCUT2D eigenvalue weighted by Crippen LogP contribution is 2.22. The molecule has 0 saturated heterocycles. The largest absolute Gasteiger partial charge is 0.348 e. The lowest BCUT2D eigenvalue weighted by Gasteiger charge is -2.13. The molecule has 0 spiro atoms. The smallest absolute Gasteiger partial charge is 0.253 e. The van der Waals surface area contributed by atoms with Crippen LogP contribution < -0.4 is 15.4 Å². The second-order valence-corrected chi connectivity index (χ2v) is 8.36. The van der Waals surface area contributed by atoms with Crippen molar-refractivity contribution in [3.05, 3.63) is 72.1 Å². The molecule has 2 amide bonds. The first-order valence-electron chi connectivity index (χ1n) is 8.98. The molecule has 0 aliphatic heterocycles. The minimum atomic E-state index is -3.59. The van der Waals surface area contributed by atoms with Crippen LogP contribution in [0, 0.1) is 0 Å². The fourth-order valence-electron chi connectivity index (χ4n) is 2.77. The third-order valence-electron chi connectivity index (χ3n) is 4.04. The average Bonchev–Trinajstić information content (AvgIpc) is 3.21. The molecule has 3 rings (SSSR count). The molecule has 0 bridgehead atoms. The summed E-state index contributed by atoms with van der Waals surface area (Å²) in [4.78, 5) is 24.0. The van der Waals surface area contributed by atoms with Crippen LogP contribution in [-0.4, -0.2) is 36.3 Å². The summed E-state index contributed by atoms with van der Waals surface area (Å²) >= 11 is 0. The highest BCUT2D eigenvalue weighted by molar-refractivity contribution is 7.92. The van der Waals surface area contributed by atoms with E-state index in [1.807, 2.05) is 36.5 Å². The maximum Gasteiger partial charge on any atom is 0.253 e. The number of hydrogen-bond acceptors (Lipinski definition) is 5. The fourth-order valence-corrected chi connectivity index (χ4v) is 3.34. The predicted octanol–water partition coefficient (Wildman–Crippen LogP) is 2.13. The summed E-state index contributed by atoms with van der Waals surface area (Å²) in [7, 11) is -3.59. The van der Waals surface area contributed by atoms with Gasteiger partial charge in [0.2, 0.25) is 15.9 Å². The molecule has 0 saturated carbocycles. The zero-order valence-electron chi connectivity index (χ0n) is 16.4. The van der Waals surface area contributed by atoms with Gasteiger partial charge in [0.05, 0.1) is 23.2 Å². The molecule has 0 atom stereocenters. The van der Waals surface area contributed by atoms with Gasteiger partial charge in [-0.2, -0.15) is 5.10 Å². The summed E-state index contributed by atoms with van der Waals surface area (Å²) in [6, 6.07) is 13.7. The molecular formula is C20H21N5O4S. The number of carbonyl (C=O) groups excluding carboxylic acids is 2. The van der Waals surface area contributed by atoms with Crippen LogP contribution in [0.25, 0.3) is 5.69 Å². The molecule has 1 heterocycles. The highest BCUT2D eigenvalue weighted by atomic mass is 32.2. The number of nitrogens with zero attached hydrogens (tertiary/aromatic N) is 2. The maximum absolute atomic E-state index is 12.7. The topological polar surface area (TPSA) is 122 Å². The molecule has 3 aromatic rings. The number of nitrogens with one attached hydrogen (secondary N) is 3. The van der Waals surface area contributed by atoms with E-state index in [0.717, 1.165) is 17.5 Å². The Morgan fingerprint density at radius 1 is 1.10 bits per heavy atom. The number of hydrogen-bond donors (Lipinski definition) is 3. The predicted molar refractivity (Wildman–Crippen MR) is 114 cm³/mol. The van der Waals surface area contributed by atoms with Crippen molar-refractivity contribution in [2.75, 3.05) is 16.3 Å². The Kier molecular flexibility index (Phi) is 6.17. The first-order chi connectivity index (χ1) is 14.2. The van der Waals surface area contributed by atoms with Gasteiger partial charge < -0.3 is 10.6 Å². The number of sulfonamides is 1. The standard InChI is InChI=1S/C20H21N5O4S/c1-14(26)23-16-6-9-19(24-30(2,28)29)18(12-16)20(27)21-13-15-4-7-17(8-5-15)25-11-3-10-22-25/h3-12,24H,13H2,1-2H3,(H,21,27)(H,23,26). The molecule has 9 nitrogen and oxygen atoms in total. The molecule has 30 heavy (non-hydrogen) atoms. The molecule has 2 aromatic carbocycles. The fraction of sp³-hybridized carbons (Fsp3) is 0.150. The van der Waals surface area contributed by atoms with E-state index in [9.17, 15) is 18.0 Å². The molecule has 0 aliphatic rings. The molecule has 0 radical (unpaired) electrons. The number of amides is 2. The molecule has 10 heteroatoms. The van der Waals surface area contributed by atoms with Crippen molar-refractivity contribution in [1.29, 1.82) is 0 Å². The molecule has 0 unspecified atom stereocenters. The Morgan fingerprint density at radius 3 is 2.43 bits per heavy atom. The Morgan fingerprint density at radius 2 is 1.83 bits per heavy atom. The molecule has 3 N–H and O–H groups in total. The SMILES string of the molecule is CC(=O)Nc1ccc(NS(C)(=O)=O)c(C(=O)NCc2ccc(-n3cccn3)cc2)c1. The summed E-state index contributed by atoms with van der Waals surface area (Å²) in [5.41, 5.74) is 2.35. The van der Waals surface area contributed by atoms with Gasteiger partial charge in [-0.25, -0.2) is 13.1 Å². The summed E-state index contributed by atoms with van der Waals surface area (Å²) in [5.74, 6) is -0.785. The van der Waals surface area contributed by atoms with E-state index in [0.29, 0.717) is 5.69 Å². The number of rotatable bonds is 7. The lowest BCUT2D eigenvalue weighted by molar-refractivity contribution is -0.114. The zero-order chi connectivity index (χ0) is 21.7. The monoisotopic (exact) mass is 427 g/mol. The van der Waals surface area contributed by atoms with Crippen LogP contribution in [0.4, 0.5) is 11.4 Å². The minimum Gasteiger partial charge on any atom is -0.348 e. The van der Waals surface area contributed by atoms with E-state index in [1.54, 1.807) is 10.9 Å². The summed E-state index contributed by atoms with van der Waals surface area (Å²) in [5, 5.41) is 9.50. The van der Waals surface area contributed by atoms with Crippen molar-refractivity contribution in [2.24, 2.45) is 0 Å². The average molecular weight is 427 g/mol. The lowest BCUT2D eigenvalue weighted by atomic mass is 10.1. The van der Waals surface area contributed by atoms with Gasteiger partial charge in [0, 0.05) is 31.5 Å². The zero-order valence-corrected chi connectivity index (χ0v) is 17.2. The lowest BCUT2D eigenvalue weighted by Crippen LogP contribution is -2.25. The van der Waals surface area contributed by atoms with Crippen LogP contribution >= 0.6 is 0 Å². The van der Waals surface area contributed by atoms with Crippen molar-refractivity contribution >= 4 is 33.2 Å². The van der Waals surface area contributed by atoms with Crippen molar-refractivity contribution in [3.8, 4) is 5.69 Å². The van der Waals surface area contributed by atoms with E-state index < -0.39 is 15.9 Å². The van der Waals surface area contributed by atoms with E-state index in [-0.39, 0.29) is 23.7 Å². The van der Waals surface area contributed by atoms with Gasteiger partial charge in [-0.05, 0) is 42.0 Å². The van der Waals surface area contributed by atoms with Gasteiger partial charge in [-0.15, -0.1) is 0 Å². The van der Waals surface area contributed by atoms with Crippen molar-refractivity contribution < 1.29 is 18.0 Å². The second-order valence-electron chi connectivity index (χ2n) is 6.62. The van der Waals surface area contributed by atoms with Gasteiger partial charge >= 0.3 is 0 Å². The molecule has 0 aliphatic carbocycles. The number of carbonyl (C=O) groups is 2. The molecule has 156 valence electrons. The Hall–Kier alpha value is -3.66. The van der Waals surface area contributed by atoms with Gasteiger partial charge in [0.1, 0.15) is 0 Å². The van der Waals surface area contributed by atoms with Crippen LogP contribution in [0.2, 0.25) is 0 Å². The molecule has 1 aromatic heterocycles. The second kappa shape index (κ2) is 8.78. The van der Waals surface area contributed by atoms with Gasteiger partial charge in [0.15, 0.2) is 0 Å². The van der Waals surface area contributed by atoms with Crippen LogP contribution in [0.5, 0.6) is 0 Å². The first-order valence-corrected chi connectivity index (χ1v) is 10.9. The van der Waals surface area contributed by atoms with Crippen LogP contribution in [0.15, 0.2) is 60.9 Å². The van der Waals surface area contributed by atoms with Crippen molar-refractivity contribution in [1.82, 2.24) is 15.1 Å². The normalized spacial score (nSPS) is 11.0. The molecular weight excluding hydrogens is 406 g/mol. The van der Waals surface area contributed by atoms with Gasteiger partial charge in [-0.1, -0.05) is 12.1 Å². The Balaban J connectivity index is 1.76. The van der Waals surface area contributed by atoms with E-state index >= 15 is 0 Å². The quantitative estimate of drug-likeness (QED) is 0.533. The number of benzene rings is 2. The number of aromatic nitrogens is 2. The summed E-state index contributed by atoms with van der Waals surface area (Å²) < 4.78 is 27.3. The van der Waals surface area contributed by atoms with Crippen LogP contribution in [-0.2, 0) is 21.4 Å². The summed E-state index contributed by atoms with van der Waals surface area (Å²) in [6.07, 6.45) is 4.51. The van der Waals surface area contributed by atoms with Crippen molar-refractivity contribution in [3.63, 3.8) is 0 Å². The minimum absolute atomic E-state index is 0.0971. The Bertz CT molecular complexity index is 1160. The van der Waals surface area contributed by atoms with Crippen molar-refractivity contribution in [2.45, 2.75) is 13.5 Å². The van der Waals surface area contributed by atoms with Crippen LogP contribution in [0.3, 0.4) is 0 Å². The van der Waals surface area contributed by atoms with E-state index in [2.05, 4.69) is 20.5 Å². The summed E-state index contributed by atoms with van der Waals surface area (Å²) in [6.45, 7) is 1.58. The third kappa shape index (κ3) is 5.67. The van der Waals surface area contributed by atoms with E-state index in [1.165, 1.54) is 25.1 Å². The maximum atomic E-state index is 12.7. The number of anilines is 2. The first kappa shape index (κ1) is 21.1. The third-order valence-corrected chi connectivity index (χ3v) is 4.63. The van der Waals surface area contributed by atoms with Gasteiger partial charge in [0.25, 0.3) is 5.91 Å². The van der Waals surface area contributed by atoms with E-state index in [4.69, 9.17) is 0 Å². The Labute approximate surface area is 174 Å². The van der Waals surface area contributed by atoms with Crippen LogP contribution in [0.1, 0.15) is 22.8 Å². The highest BCUT2D eigenvalue weighted by Gasteiger charge is 2.15. The molecule has 0 fully saturated rings. The van der Waals surface area contributed by atoms with Gasteiger partial charge in [-0.3, -0.25) is 14.3 Å².